The van der Waals surface area contributed by atoms with Crippen molar-refractivity contribution in [2.24, 2.45) is 5.73 Å². The molecule has 0 aromatic heterocycles. The van der Waals surface area contributed by atoms with Gasteiger partial charge in [0.25, 0.3) is 0 Å². The molecule has 1 saturated heterocycles. The molecule has 20 heavy (non-hydrogen) atoms. The summed E-state index contributed by atoms with van der Waals surface area (Å²) in [5.74, 6) is 0.146. The highest BCUT2D eigenvalue weighted by molar-refractivity contribution is 5.77. The predicted molar refractivity (Wildman–Crippen MR) is 82.5 cm³/mol. The van der Waals surface area contributed by atoms with E-state index in [1.807, 2.05) is 0 Å². The zero-order valence-corrected chi connectivity index (χ0v) is 12.8. The smallest absolute Gasteiger partial charge is 0.221 e. The summed E-state index contributed by atoms with van der Waals surface area (Å²) in [6.45, 7) is 4.39. The number of hydrogen-bond donors (Lipinski definition) is 2. The minimum atomic E-state index is -0.227. The van der Waals surface area contributed by atoms with E-state index in [-0.39, 0.29) is 11.4 Å². The van der Waals surface area contributed by atoms with E-state index < -0.39 is 0 Å². The zero-order valence-electron chi connectivity index (χ0n) is 12.8. The van der Waals surface area contributed by atoms with Gasteiger partial charge in [0, 0.05) is 18.5 Å². The molecular weight excluding hydrogens is 250 g/mol. The number of carbonyl (C=O) groups is 1. The van der Waals surface area contributed by atoms with Gasteiger partial charge in [-0.1, -0.05) is 25.7 Å². The molecule has 0 unspecified atom stereocenters. The third kappa shape index (κ3) is 5.41. The highest BCUT2D eigenvalue weighted by Crippen LogP contribution is 2.28. The Morgan fingerprint density at radius 3 is 2.40 bits per heavy atom. The summed E-state index contributed by atoms with van der Waals surface area (Å²) in [5, 5.41) is 3.05. The monoisotopic (exact) mass is 281 g/mol. The molecule has 1 heterocycles. The van der Waals surface area contributed by atoms with E-state index in [0.29, 0.717) is 6.42 Å². The molecule has 2 fully saturated rings. The van der Waals surface area contributed by atoms with E-state index in [9.17, 15) is 4.79 Å². The molecule has 0 aromatic rings. The van der Waals surface area contributed by atoms with E-state index in [1.54, 1.807) is 0 Å². The average Bonchev–Trinajstić information content (AvgIpc) is 2.45. The van der Waals surface area contributed by atoms with Crippen molar-refractivity contribution < 1.29 is 4.79 Å². The fourth-order valence-corrected chi connectivity index (χ4v) is 3.53. The van der Waals surface area contributed by atoms with Gasteiger partial charge in [0.1, 0.15) is 0 Å². The zero-order chi connectivity index (χ0) is 14.3. The molecule has 0 atom stereocenters. The summed E-state index contributed by atoms with van der Waals surface area (Å²) >= 11 is 0. The van der Waals surface area contributed by atoms with Crippen LogP contribution in [0.2, 0.25) is 0 Å². The van der Waals surface area contributed by atoms with Crippen LogP contribution in [0.5, 0.6) is 0 Å². The first-order chi connectivity index (χ1) is 9.68. The minimum Gasteiger partial charge on any atom is -0.356 e. The van der Waals surface area contributed by atoms with Crippen molar-refractivity contribution >= 4 is 5.91 Å². The average molecular weight is 281 g/mol. The Kier molecular flexibility index (Phi) is 6.30. The van der Waals surface area contributed by atoms with E-state index in [1.165, 1.54) is 51.6 Å². The number of hydrogen-bond acceptors (Lipinski definition) is 3. The number of nitrogens with one attached hydrogen (secondary N) is 1. The lowest BCUT2D eigenvalue weighted by Crippen LogP contribution is -2.46. The fourth-order valence-electron chi connectivity index (χ4n) is 3.53. The molecule has 1 amide bonds. The van der Waals surface area contributed by atoms with Gasteiger partial charge in [-0.25, -0.2) is 0 Å². The van der Waals surface area contributed by atoms with Gasteiger partial charge < -0.3 is 16.0 Å². The Hall–Kier alpha value is -0.610. The Labute approximate surface area is 123 Å². The van der Waals surface area contributed by atoms with Gasteiger partial charge in [-0.2, -0.15) is 0 Å². The molecule has 3 N–H and O–H groups in total. The number of nitrogens with two attached hydrogens (primary N) is 1. The molecule has 2 rings (SSSR count). The number of amides is 1. The number of piperidine rings is 1. The van der Waals surface area contributed by atoms with Crippen LogP contribution >= 0.6 is 0 Å². The molecule has 4 nitrogen and oxygen atoms in total. The highest BCUT2D eigenvalue weighted by atomic mass is 16.1. The molecule has 1 aliphatic carbocycles. The van der Waals surface area contributed by atoms with Gasteiger partial charge in [-0.15, -0.1) is 0 Å². The maximum Gasteiger partial charge on any atom is 0.221 e. The van der Waals surface area contributed by atoms with Gasteiger partial charge >= 0.3 is 0 Å². The third-order valence-corrected chi connectivity index (χ3v) is 4.78. The first kappa shape index (κ1) is 15.8. The van der Waals surface area contributed by atoms with Gasteiger partial charge in [0.05, 0.1) is 0 Å². The van der Waals surface area contributed by atoms with Crippen molar-refractivity contribution in [3.8, 4) is 0 Å². The molecule has 4 heteroatoms. The number of likely N-dealkylation sites (tertiary alicyclic amines) is 1. The Morgan fingerprint density at radius 2 is 1.70 bits per heavy atom. The Balaban J connectivity index is 1.55. The van der Waals surface area contributed by atoms with Crippen molar-refractivity contribution in [2.75, 3.05) is 26.2 Å². The maximum atomic E-state index is 12.0. The third-order valence-electron chi connectivity index (χ3n) is 4.78. The van der Waals surface area contributed by atoms with Crippen molar-refractivity contribution in [1.82, 2.24) is 10.2 Å². The van der Waals surface area contributed by atoms with Gasteiger partial charge in [-0.05, 0) is 51.7 Å². The molecule has 116 valence electrons. The second kappa shape index (κ2) is 7.99. The van der Waals surface area contributed by atoms with Gasteiger partial charge in [0.15, 0.2) is 0 Å². The standard InChI is InChI=1S/C16H31N3O/c17-16(8-3-1-4-9-16)14-15(20)18-10-7-13-19-11-5-2-6-12-19/h1-14,17H2,(H,18,20). The van der Waals surface area contributed by atoms with Crippen LogP contribution in [0.4, 0.5) is 0 Å². The number of rotatable bonds is 6. The van der Waals surface area contributed by atoms with E-state index >= 15 is 0 Å². The van der Waals surface area contributed by atoms with Gasteiger partial charge in [-0.3, -0.25) is 4.79 Å². The quantitative estimate of drug-likeness (QED) is 0.732. The molecule has 0 aromatic carbocycles. The maximum absolute atomic E-state index is 12.0. The lowest BCUT2D eigenvalue weighted by Gasteiger charge is -2.32. The van der Waals surface area contributed by atoms with Crippen LogP contribution in [-0.4, -0.2) is 42.5 Å². The van der Waals surface area contributed by atoms with Crippen molar-refractivity contribution in [1.29, 1.82) is 0 Å². The fraction of sp³-hybridized carbons (Fsp3) is 0.938. The van der Waals surface area contributed by atoms with Crippen LogP contribution < -0.4 is 11.1 Å². The normalized spacial score (nSPS) is 23.4. The lowest BCUT2D eigenvalue weighted by molar-refractivity contribution is -0.122. The molecule has 0 spiro atoms. The molecule has 0 bridgehead atoms. The topological polar surface area (TPSA) is 58.4 Å². The molecule has 1 aliphatic heterocycles. The van der Waals surface area contributed by atoms with Crippen LogP contribution in [0.15, 0.2) is 0 Å². The van der Waals surface area contributed by atoms with E-state index in [4.69, 9.17) is 5.73 Å². The Morgan fingerprint density at radius 1 is 1.05 bits per heavy atom. The minimum absolute atomic E-state index is 0.146. The van der Waals surface area contributed by atoms with E-state index in [2.05, 4.69) is 10.2 Å². The van der Waals surface area contributed by atoms with Crippen LogP contribution in [-0.2, 0) is 4.79 Å². The van der Waals surface area contributed by atoms with Crippen LogP contribution in [0, 0.1) is 0 Å². The highest BCUT2D eigenvalue weighted by Gasteiger charge is 2.29. The first-order valence-corrected chi connectivity index (χ1v) is 8.46. The lowest BCUT2D eigenvalue weighted by atomic mass is 9.80. The second-order valence-corrected chi connectivity index (χ2v) is 6.71. The summed E-state index contributed by atoms with van der Waals surface area (Å²) in [5.41, 5.74) is 6.09. The second-order valence-electron chi connectivity index (χ2n) is 6.71. The van der Waals surface area contributed by atoms with Crippen LogP contribution in [0.1, 0.15) is 64.2 Å². The summed E-state index contributed by atoms with van der Waals surface area (Å²) < 4.78 is 0. The van der Waals surface area contributed by atoms with Crippen molar-refractivity contribution in [3.05, 3.63) is 0 Å². The number of nitrogens with zero attached hydrogens (tertiary/aromatic N) is 1. The van der Waals surface area contributed by atoms with Crippen molar-refractivity contribution in [2.45, 2.75) is 69.7 Å². The largest absolute Gasteiger partial charge is 0.356 e. The predicted octanol–water partition coefficient (Wildman–Crippen LogP) is 2.03. The molecule has 2 aliphatic rings. The van der Waals surface area contributed by atoms with E-state index in [0.717, 1.165) is 32.4 Å². The first-order valence-electron chi connectivity index (χ1n) is 8.46. The SMILES string of the molecule is NC1(CC(=O)NCCCN2CCCCC2)CCCCC1. The molecule has 1 saturated carbocycles. The van der Waals surface area contributed by atoms with Crippen LogP contribution in [0.3, 0.4) is 0 Å². The summed E-state index contributed by atoms with van der Waals surface area (Å²) in [4.78, 5) is 14.5. The Bertz CT molecular complexity index is 294. The summed E-state index contributed by atoms with van der Waals surface area (Å²) in [6, 6.07) is 0. The summed E-state index contributed by atoms with van der Waals surface area (Å²) in [6.07, 6.45) is 11.3. The number of carbonyl (C=O) groups excluding carboxylic acids is 1. The summed E-state index contributed by atoms with van der Waals surface area (Å²) in [7, 11) is 0. The van der Waals surface area contributed by atoms with Gasteiger partial charge in [0.2, 0.25) is 5.91 Å². The van der Waals surface area contributed by atoms with Crippen LogP contribution in [0.25, 0.3) is 0 Å². The molecular formula is C16H31N3O. The molecule has 0 radical (unpaired) electrons. The van der Waals surface area contributed by atoms with Crippen molar-refractivity contribution in [3.63, 3.8) is 0 Å².